The number of H-pyrrole nitrogens is 1. The molecule has 28 nitrogen and oxygen atoms in total. The van der Waals surface area contributed by atoms with E-state index in [-0.39, 0.29) is 73.3 Å². The van der Waals surface area contributed by atoms with Gasteiger partial charge in [0.25, 0.3) is 11.8 Å². The van der Waals surface area contributed by atoms with Crippen molar-refractivity contribution in [3.8, 4) is 0 Å². The van der Waals surface area contributed by atoms with Gasteiger partial charge in [-0.05, 0) is 130 Å². The Hall–Kier alpha value is -11.0. The van der Waals surface area contributed by atoms with Crippen LogP contribution in [-0.2, 0) is 71.1 Å². The van der Waals surface area contributed by atoms with E-state index in [2.05, 4.69) is 57.2 Å². The van der Waals surface area contributed by atoms with Gasteiger partial charge in [-0.15, -0.1) is 11.6 Å². The van der Waals surface area contributed by atoms with Gasteiger partial charge in [-0.1, -0.05) is 98.2 Å². The third-order valence-electron chi connectivity index (χ3n) is 19.0. The number of anilines is 1. The highest BCUT2D eigenvalue weighted by atomic mass is 35.5. The minimum atomic E-state index is -1.77. The number of nitrogens with zero attached hydrogens (tertiary/aromatic N) is 6. The van der Waals surface area contributed by atoms with E-state index in [1.165, 1.54) is 59.4 Å². The molecular weight excluding hydrogens is 1410 g/mol. The zero-order valence-electron chi connectivity index (χ0n) is 59.8. The molecule has 7 aromatic rings. The van der Waals surface area contributed by atoms with E-state index >= 15 is 4.79 Å². The standard InChI is InChI=1S/C77H90Cl2N16O12/c1-46(2)40-77(45-96,52-21-7-5-8-22-52)95(53-23-9-6-10-24-53)76(107)66(65(79)55-44-84-34-30-56(55)78)92-68(99)48(4)87-70(101)59(38-51-43-86-58-27-12-11-25-54(51)58)90-71(102)60(39-64(81)97)89-67(98)47(3)88-72(103)62-28-18-36-94(62)75(106)61(37-49-19-15-31-82-41-49)91-73(104)63-29-17-35-93(63)74(105)57(80)26-13-14-33-85-69(100)50-20-16-32-83-42-50/h5-12,15-16,19-25,27,30-32,34,41-48,57,59-63,65-66,86H,13-14,17-18,26,28-29,33,35-40,80H2,1-4H3,(H2,81,97)(H,85,100)(H,87,101)(H,88,103)(H,89,98)(H,90,102)(H,91,104)(H,92,99)/t47-,48-,57+,59+,60-,61-,62-,63-,65?,66+,77-/m0/s1. The molecule has 2 aliphatic heterocycles. The predicted octanol–water partition coefficient (Wildman–Crippen LogP) is 4.68. The number of aromatic nitrogens is 4. The van der Waals surface area contributed by atoms with Gasteiger partial charge in [0, 0.05) is 103 Å². The third-order valence-corrected chi connectivity index (χ3v) is 19.8. The summed E-state index contributed by atoms with van der Waals surface area (Å²) in [6.45, 7) is 7.11. The lowest BCUT2D eigenvalue weighted by molar-refractivity contribution is -0.144. The number of fused-ring (bicyclic) bond motifs is 1. The van der Waals surface area contributed by atoms with Gasteiger partial charge in [0.1, 0.15) is 53.9 Å². The zero-order chi connectivity index (χ0) is 76.9. The van der Waals surface area contributed by atoms with Crippen molar-refractivity contribution in [1.82, 2.24) is 67.0 Å². The average Bonchev–Trinajstić information content (AvgIpc) is 1.51. The molecule has 2 saturated heterocycles. The summed E-state index contributed by atoms with van der Waals surface area (Å²) in [6, 6.07) is 20.0. The first-order valence-electron chi connectivity index (χ1n) is 35.6. The van der Waals surface area contributed by atoms with Gasteiger partial charge in [-0.3, -0.25) is 72.6 Å². The quantitative estimate of drug-likeness (QED) is 0.0146. The number of carbonyl (C=O) groups excluding carboxylic acids is 12. The number of aldehydes is 1. The maximum absolute atomic E-state index is 15.8. The second-order valence-corrected chi connectivity index (χ2v) is 28.1. The number of benzene rings is 3. The predicted molar refractivity (Wildman–Crippen MR) is 400 cm³/mol. The summed E-state index contributed by atoms with van der Waals surface area (Å²) in [5.41, 5.74) is 13.5. The smallest absolute Gasteiger partial charge is 0.252 e. The highest BCUT2D eigenvalue weighted by Gasteiger charge is 2.48. The fourth-order valence-electron chi connectivity index (χ4n) is 13.6. The van der Waals surface area contributed by atoms with Crippen LogP contribution in [0, 0.1) is 5.92 Å². The maximum atomic E-state index is 15.8. The number of amides is 11. The Morgan fingerprint density at radius 3 is 1.90 bits per heavy atom. The first-order chi connectivity index (χ1) is 51.4. The van der Waals surface area contributed by atoms with E-state index in [0.29, 0.717) is 78.1 Å². The van der Waals surface area contributed by atoms with Crippen LogP contribution in [-0.4, -0.2) is 175 Å². The van der Waals surface area contributed by atoms with Crippen LogP contribution in [0.2, 0.25) is 5.02 Å². The molecule has 2 aliphatic rings. The topological polar surface area (TPSA) is 405 Å². The lowest BCUT2D eigenvalue weighted by Gasteiger charge is -2.43. The molecule has 4 aromatic heterocycles. The van der Waals surface area contributed by atoms with Gasteiger partial charge in [0.2, 0.25) is 53.2 Å². The van der Waals surface area contributed by atoms with Crippen molar-refractivity contribution in [2.24, 2.45) is 17.4 Å². The molecule has 11 amide bonds. The van der Waals surface area contributed by atoms with E-state index in [9.17, 15) is 52.7 Å². The monoisotopic (exact) mass is 1500 g/mol. The number of alkyl halides is 1. The Morgan fingerprint density at radius 1 is 0.645 bits per heavy atom. The van der Waals surface area contributed by atoms with Gasteiger partial charge in [-0.2, -0.15) is 0 Å². The Kier molecular flexibility index (Phi) is 28.3. The number of pyridine rings is 3. The van der Waals surface area contributed by atoms with Crippen molar-refractivity contribution < 1.29 is 57.5 Å². The number of rotatable bonds is 35. The molecular formula is C77H90Cl2N16O12. The number of para-hydroxylation sites is 2. The van der Waals surface area contributed by atoms with Crippen molar-refractivity contribution in [3.05, 3.63) is 191 Å². The maximum Gasteiger partial charge on any atom is 0.252 e. The molecule has 30 heteroatoms. The number of aromatic amines is 1. The Labute approximate surface area is 629 Å². The first-order valence-corrected chi connectivity index (χ1v) is 36.4. The highest BCUT2D eigenvalue weighted by Crippen LogP contribution is 2.40. The zero-order valence-corrected chi connectivity index (χ0v) is 61.3. The van der Waals surface area contributed by atoms with E-state index in [1.54, 1.807) is 128 Å². The number of primary amides is 1. The minimum absolute atomic E-state index is 0.0451. The number of unbranched alkanes of at least 4 members (excludes halogenated alkanes) is 1. The molecule has 564 valence electrons. The summed E-state index contributed by atoms with van der Waals surface area (Å²) < 4.78 is 0. The van der Waals surface area contributed by atoms with Gasteiger partial charge < -0.3 is 68.3 Å². The summed E-state index contributed by atoms with van der Waals surface area (Å²) in [5, 5.41) is 18.2. The van der Waals surface area contributed by atoms with E-state index in [0.717, 1.165) is 0 Å². The highest BCUT2D eigenvalue weighted by molar-refractivity contribution is 6.33. The fourth-order valence-corrected chi connectivity index (χ4v) is 14.2. The van der Waals surface area contributed by atoms with Gasteiger partial charge in [-0.25, -0.2) is 0 Å². The number of carbonyl (C=O) groups is 12. The number of halogens is 2. The van der Waals surface area contributed by atoms with E-state index in [1.807, 2.05) is 13.8 Å². The molecule has 9 rings (SSSR count). The molecule has 0 bridgehead atoms. The lowest BCUT2D eigenvalue weighted by atomic mass is 9.80. The lowest BCUT2D eigenvalue weighted by Crippen LogP contribution is -2.61. The molecule has 2 fully saturated rings. The largest absolute Gasteiger partial charge is 0.370 e. The molecule has 6 heterocycles. The molecule has 0 radical (unpaired) electrons. The van der Waals surface area contributed by atoms with Crippen molar-refractivity contribution >= 4 is 111 Å². The van der Waals surface area contributed by atoms with Gasteiger partial charge >= 0.3 is 0 Å². The summed E-state index contributed by atoms with van der Waals surface area (Å²) in [7, 11) is 0. The summed E-state index contributed by atoms with van der Waals surface area (Å²) >= 11 is 14.0. The average molecular weight is 1500 g/mol. The van der Waals surface area contributed by atoms with E-state index in [4.69, 9.17) is 34.7 Å². The van der Waals surface area contributed by atoms with Crippen LogP contribution >= 0.6 is 23.2 Å². The molecule has 0 saturated carbocycles. The van der Waals surface area contributed by atoms with Crippen molar-refractivity contribution in [2.45, 2.75) is 164 Å². The molecule has 107 heavy (non-hydrogen) atoms. The number of hydrogen-bond acceptors (Lipinski definition) is 16. The molecule has 0 aliphatic carbocycles. The number of hydrogen-bond donors (Lipinski definition) is 10. The normalized spacial score (nSPS) is 16.9. The molecule has 0 spiro atoms. The minimum Gasteiger partial charge on any atom is -0.370 e. The summed E-state index contributed by atoms with van der Waals surface area (Å²) in [4.78, 5) is 191. The Bertz CT molecular complexity index is 4300. The van der Waals surface area contributed by atoms with Crippen molar-refractivity contribution in [1.29, 1.82) is 0 Å². The van der Waals surface area contributed by atoms with Crippen LogP contribution in [0.15, 0.2) is 159 Å². The molecule has 11 atom stereocenters. The third kappa shape index (κ3) is 20.6. The van der Waals surface area contributed by atoms with Gasteiger partial charge in [0.05, 0.1) is 23.4 Å². The molecule has 1 unspecified atom stereocenters. The van der Waals surface area contributed by atoms with Crippen LogP contribution in [0.25, 0.3) is 10.9 Å². The number of likely N-dealkylation sites (tertiary alicyclic amines) is 2. The van der Waals surface area contributed by atoms with Crippen LogP contribution in [0.5, 0.6) is 0 Å². The summed E-state index contributed by atoms with van der Waals surface area (Å²) in [6.07, 6.45) is 12.8. The fraction of sp³-hybridized carbons (Fsp3) is 0.390. The number of nitrogens with one attached hydrogen (secondary N) is 8. The van der Waals surface area contributed by atoms with Crippen molar-refractivity contribution in [3.63, 3.8) is 0 Å². The SMILES string of the molecule is CC(C)C[C@](C=O)(c1ccccc1)N(C(=O)[C@H](NC(=O)[C@H](C)NC(=O)[C@@H](Cc1c[nH]c2ccccc12)NC(=O)[C@H](CC(N)=O)NC(=O)[C@H](C)NC(=O)[C@@H]1CCCN1C(=O)[C@H](Cc1cccnc1)NC(=O)[C@@H]1CCCN1C(=O)[C@H](N)CCCCNC(=O)c1cccnc1)C(Cl)c1cnccc1Cl)c1ccccc1. The summed E-state index contributed by atoms with van der Waals surface area (Å²) in [5.74, 6) is -8.69. The van der Waals surface area contributed by atoms with Gasteiger partial charge in [0.15, 0.2) is 6.29 Å². The number of nitrogens with two attached hydrogens (primary N) is 2. The van der Waals surface area contributed by atoms with E-state index < -0.39 is 131 Å². The van der Waals surface area contributed by atoms with Crippen LogP contribution in [0.3, 0.4) is 0 Å². The van der Waals surface area contributed by atoms with Crippen molar-refractivity contribution in [2.75, 3.05) is 24.5 Å². The molecule has 12 N–H and O–H groups in total. The van der Waals surface area contributed by atoms with Crippen LogP contribution in [0.1, 0.15) is 123 Å². The Morgan fingerprint density at radius 2 is 1.25 bits per heavy atom. The molecule has 3 aromatic carbocycles. The second-order valence-electron chi connectivity index (χ2n) is 27.2. The second kappa shape index (κ2) is 37.8. The Balaban J connectivity index is 0.881. The first kappa shape index (κ1) is 80.1. The van der Waals surface area contributed by atoms with Crippen LogP contribution < -0.4 is 53.6 Å². The van der Waals surface area contributed by atoms with Crippen LogP contribution in [0.4, 0.5) is 5.69 Å².